The summed E-state index contributed by atoms with van der Waals surface area (Å²) in [4.78, 5) is 0. The predicted octanol–water partition coefficient (Wildman–Crippen LogP) is 6.47. The van der Waals surface area contributed by atoms with Crippen LogP contribution in [0.2, 0.25) is 0 Å². The maximum absolute atomic E-state index is 3.82. The second-order valence-corrected chi connectivity index (χ2v) is 8.07. The summed E-state index contributed by atoms with van der Waals surface area (Å²) >= 11 is 7.39. The summed E-state index contributed by atoms with van der Waals surface area (Å²) in [6.45, 7) is 5.68. The number of benzene rings is 1. The normalized spacial score (nSPS) is 24.0. The summed E-state index contributed by atoms with van der Waals surface area (Å²) in [5.41, 5.74) is 1.42. The van der Waals surface area contributed by atoms with Crippen molar-refractivity contribution < 1.29 is 0 Å². The van der Waals surface area contributed by atoms with Crippen LogP contribution in [-0.2, 0) is 0 Å². The predicted molar refractivity (Wildman–Crippen MR) is 98.6 cm³/mol. The minimum Gasteiger partial charge on any atom is -0.310 e. The van der Waals surface area contributed by atoms with E-state index in [4.69, 9.17) is 0 Å². The highest BCUT2D eigenvalue weighted by molar-refractivity contribution is 9.11. The maximum atomic E-state index is 3.82. The van der Waals surface area contributed by atoms with Gasteiger partial charge in [0.2, 0.25) is 0 Å². The molecule has 1 fully saturated rings. The zero-order chi connectivity index (χ0) is 15.2. The van der Waals surface area contributed by atoms with Crippen LogP contribution in [0.15, 0.2) is 27.1 Å². The minimum absolute atomic E-state index is 0.478. The number of halogens is 2. The molecule has 2 rings (SSSR count). The van der Waals surface area contributed by atoms with Gasteiger partial charge >= 0.3 is 0 Å². The van der Waals surface area contributed by atoms with Crippen LogP contribution in [0.1, 0.15) is 64.0 Å². The fraction of sp³-hybridized carbons (Fsp3) is 0.667. The first kappa shape index (κ1) is 17.5. The largest absolute Gasteiger partial charge is 0.310 e. The molecule has 1 aliphatic rings. The zero-order valence-corrected chi connectivity index (χ0v) is 16.3. The molecule has 1 aromatic rings. The van der Waals surface area contributed by atoms with Crippen LogP contribution in [0.5, 0.6) is 0 Å². The molecule has 0 radical (unpaired) electrons. The Labute approximate surface area is 146 Å². The number of hydrogen-bond acceptors (Lipinski definition) is 1. The Balaban J connectivity index is 2.22. The van der Waals surface area contributed by atoms with Crippen LogP contribution in [-0.4, -0.2) is 6.54 Å². The molecular weight excluding hydrogens is 390 g/mol. The molecule has 0 aliphatic heterocycles. The van der Waals surface area contributed by atoms with Crippen molar-refractivity contribution in [2.45, 2.75) is 58.4 Å². The Morgan fingerprint density at radius 3 is 2.76 bits per heavy atom. The highest BCUT2D eigenvalue weighted by Gasteiger charge is 2.29. The first-order valence-electron chi connectivity index (χ1n) is 8.34. The zero-order valence-electron chi connectivity index (χ0n) is 13.2. The first-order chi connectivity index (χ1) is 10.2. The molecule has 3 heteroatoms. The van der Waals surface area contributed by atoms with Crippen LogP contribution in [0.4, 0.5) is 0 Å². The smallest absolute Gasteiger partial charge is 0.0360 e. The van der Waals surface area contributed by atoms with E-state index < -0.39 is 0 Å². The quantitative estimate of drug-likeness (QED) is 0.560. The Morgan fingerprint density at radius 2 is 2.05 bits per heavy atom. The second kappa shape index (κ2) is 8.69. The van der Waals surface area contributed by atoms with E-state index in [1.165, 1.54) is 53.0 Å². The van der Waals surface area contributed by atoms with E-state index in [2.05, 4.69) is 69.2 Å². The van der Waals surface area contributed by atoms with Gasteiger partial charge in [-0.05, 0) is 61.4 Å². The van der Waals surface area contributed by atoms with Crippen LogP contribution in [0.3, 0.4) is 0 Å². The second-order valence-electron chi connectivity index (χ2n) is 6.30. The van der Waals surface area contributed by atoms with E-state index in [0.717, 1.165) is 18.4 Å². The molecular formula is C18H27Br2N. The van der Waals surface area contributed by atoms with Crippen molar-refractivity contribution in [1.29, 1.82) is 0 Å². The summed E-state index contributed by atoms with van der Waals surface area (Å²) in [5, 5.41) is 3.82. The maximum Gasteiger partial charge on any atom is 0.0360 e. The topological polar surface area (TPSA) is 12.0 Å². The molecule has 1 aromatic carbocycles. The van der Waals surface area contributed by atoms with E-state index in [0.29, 0.717) is 6.04 Å². The van der Waals surface area contributed by atoms with Gasteiger partial charge in [0.05, 0.1) is 0 Å². The molecule has 0 bridgehead atoms. The Hall–Kier alpha value is 0.140. The third-order valence-electron chi connectivity index (χ3n) is 4.78. The van der Waals surface area contributed by atoms with E-state index in [-0.39, 0.29) is 0 Å². The fourth-order valence-electron chi connectivity index (χ4n) is 3.59. The van der Waals surface area contributed by atoms with Crippen molar-refractivity contribution in [2.24, 2.45) is 11.8 Å². The molecule has 3 unspecified atom stereocenters. The molecule has 0 saturated heterocycles. The van der Waals surface area contributed by atoms with Gasteiger partial charge in [0, 0.05) is 15.0 Å². The summed E-state index contributed by atoms with van der Waals surface area (Å²) in [6.07, 6.45) is 8.06. The Kier molecular flexibility index (Phi) is 7.24. The van der Waals surface area contributed by atoms with E-state index in [1.54, 1.807) is 0 Å². The van der Waals surface area contributed by atoms with Crippen molar-refractivity contribution in [1.82, 2.24) is 5.32 Å². The molecule has 118 valence electrons. The molecule has 0 spiro atoms. The summed E-state index contributed by atoms with van der Waals surface area (Å²) in [5.74, 6) is 1.68. The van der Waals surface area contributed by atoms with Gasteiger partial charge in [0.1, 0.15) is 0 Å². The Morgan fingerprint density at radius 1 is 1.24 bits per heavy atom. The molecule has 1 saturated carbocycles. The van der Waals surface area contributed by atoms with Gasteiger partial charge in [-0.25, -0.2) is 0 Å². The summed E-state index contributed by atoms with van der Waals surface area (Å²) < 4.78 is 2.41. The first-order valence-corrected chi connectivity index (χ1v) is 9.92. The van der Waals surface area contributed by atoms with Gasteiger partial charge in [-0.1, -0.05) is 65.0 Å². The molecule has 3 atom stereocenters. The average Bonchev–Trinajstić information content (AvgIpc) is 2.51. The van der Waals surface area contributed by atoms with Crippen molar-refractivity contribution in [2.75, 3.05) is 6.54 Å². The highest BCUT2D eigenvalue weighted by Crippen LogP contribution is 2.40. The molecule has 0 aromatic heterocycles. The average molecular weight is 417 g/mol. The molecule has 1 nitrogen and oxygen atoms in total. The van der Waals surface area contributed by atoms with Crippen LogP contribution >= 0.6 is 31.9 Å². The lowest BCUT2D eigenvalue weighted by Gasteiger charge is -2.35. The van der Waals surface area contributed by atoms with Crippen molar-refractivity contribution in [3.05, 3.63) is 32.7 Å². The van der Waals surface area contributed by atoms with Crippen LogP contribution in [0, 0.1) is 11.8 Å². The van der Waals surface area contributed by atoms with Crippen LogP contribution < -0.4 is 5.32 Å². The van der Waals surface area contributed by atoms with Crippen molar-refractivity contribution in [3.8, 4) is 0 Å². The highest BCUT2D eigenvalue weighted by atomic mass is 79.9. The fourth-order valence-corrected chi connectivity index (χ4v) is 4.46. The lowest BCUT2D eigenvalue weighted by molar-refractivity contribution is 0.209. The lowest BCUT2D eigenvalue weighted by Crippen LogP contribution is -2.32. The third-order valence-corrected chi connectivity index (χ3v) is 5.99. The van der Waals surface area contributed by atoms with Gasteiger partial charge in [-0.2, -0.15) is 0 Å². The molecule has 0 amide bonds. The standard InChI is InChI=1S/C18H27Br2N/c1-3-10-21-18(14-7-5-6-13(4-2)11-14)16-12-15(19)8-9-17(16)20/h8-9,12-14,18,21H,3-7,10-11H2,1-2H3. The number of rotatable bonds is 6. The van der Waals surface area contributed by atoms with Gasteiger partial charge < -0.3 is 5.32 Å². The number of hydrogen-bond donors (Lipinski definition) is 1. The van der Waals surface area contributed by atoms with Gasteiger partial charge in [0.15, 0.2) is 0 Å². The van der Waals surface area contributed by atoms with E-state index >= 15 is 0 Å². The Bertz CT molecular complexity index is 447. The third kappa shape index (κ3) is 4.80. The van der Waals surface area contributed by atoms with E-state index in [1.807, 2.05) is 0 Å². The van der Waals surface area contributed by atoms with Crippen LogP contribution in [0.25, 0.3) is 0 Å². The molecule has 1 N–H and O–H groups in total. The SMILES string of the molecule is CCCNC(c1cc(Br)ccc1Br)C1CCCC(CC)C1. The van der Waals surface area contributed by atoms with Crippen molar-refractivity contribution >= 4 is 31.9 Å². The van der Waals surface area contributed by atoms with Crippen molar-refractivity contribution in [3.63, 3.8) is 0 Å². The van der Waals surface area contributed by atoms with Gasteiger partial charge in [-0.3, -0.25) is 0 Å². The lowest BCUT2D eigenvalue weighted by atomic mass is 9.75. The number of nitrogens with one attached hydrogen (secondary N) is 1. The minimum atomic E-state index is 0.478. The molecule has 21 heavy (non-hydrogen) atoms. The molecule has 1 aliphatic carbocycles. The molecule has 0 heterocycles. The summed E-state index contributed by atoms with van der Waals surface area (Å²) in [7, 11) is 0. The van der Waals surface area contributed by atoms with Gasteiger partial charge in [0.25, 0.3) is 0 Å². The van der Waals surface area contributed by atoms with Gasteiger partial charge in [-0.15, -0.1) is 0 Å². The van der Waals surface area contributed by atoms with E-state index in [9.17, 15) is 0 Å². The monoisotopic (exact) mass is 415 g/mol. The summed E-state index contributed by atoms with van der Waals surface area (Å²) in [6, 6.07) is 7.04.